The molecule has 0 spiro atoms. The monoisotopic (exact) mass is 1530 g/mol. The molecule has 12 heteroatoms. The van der Waals surface area contributed by atoms with Crippen molar-refractivity contribution in [2.45, 2.75) is 466 Å². The zero-order valence-electron chi connectivity index (χ0n) is 73.9. The predicted octanol–water partition coefficient (Wildman–Crippen LogP) is 27.0. The molecule has 1 fully saturated rings. The van der Waals surface area contributed by atoms with E-state index in [-0.39, 0.29) is 47.5 Å². The third-order valence-corrected chi connectivity index (χ3v) is 24.0. The van der Waals surface area contributed by atoms with Crippen LogP contribution < -0.4 is 0 Å². The molecule has 0 aromatic heterocycles. The van der Waals surface area contributed by atoms with Crippen LogP contribution in [0, 0.1) is 23.7 Å². The fraction of sp³-hybridized carbons (Fsp3) is 0.958. The summed E-state index contributed by atoms with van der Waals surface area (Å²) >= 11 is 0. The van der Waals surface area contributed by atoms with E-state index in [1.54, 1.807) is 0 Å². The Kier molecular flexibility index (Phi) is 78.1. The van der Waals surface area contributed by atoms with Gasteiger partial charge in [0.25, 0.3) is 0 Å². The summed E-state index contributed by atoms with van der Waals surface area (Å²) in [7, 11) is 0. The van der Waals surface area contributed by atoms with E-state index in [9.17, 15) is 19.2 Å². The number of nitrogens with zero attached hydrogens (tertiary/aromatic N) is 4. The van der Waals surface area contributed by atoms with Crippen LogP contribution in [-0.4, -0.2) is 148 Å². The second kappa shape index (κ2) is 81.3. The highest BCUT2D eigenvalue weighted by atomic mass is 16.5. The Morgan fingerprint density at radius 3 is 0.481 bits per heavy atom. The number of ether oxygens (including phenoxy) is 4. The van der Waals surface area contributed by atoms with Gasteiger partial charge in [-0.15, -0.1) is 0 Å². The van der Waals surface area contributed by atoms with Crippen LogP contribution in [0.2, 0.25) is 0 Å². The molecule has 108 heavy (non-hydrogen) atoms. The second-order valence-corrected chi connectivity index (χ2v) is 34.1. The summed E-state index contributed by atoms with van der Waals surface area (Å²) in [4.78, 5) is 65.3. The molecule has 1 heterocycles. The Labute approximate surface area is 673 Å². The maximum Gasteiger partial charge on any atom is 0.308 e. The van der Waals surface area contributed by atoms with E-state index >= 15 is 0 Å². The smallest absolute Gasteiger partial charge is 0.308 e. The van der Waals surface area contributed by atoms with E-state index < -0.39 is 0 Å². The van der Waals surface area contributed by atoms with E-state index in [0.717, 1.165) is 284 Å². The molecule has 0 aromatic carbocycles. The van der Waals surface area contributed by atoms with Gasteiger partial charge < -0.3 is 38.5 Å². The summed E-state index contributed by atoms with van der Waals surface area (Å²) in [5.74, 6) is 0.483. The highest BCUT2D eigenvalue weighted by molar-refractivity contribution is 5.73. The summed E-state index contributed by atoms with van der Waals surface area (Å²) in [5, 5.41) is 0. The summed E-state index contributed by atoms with van der Waals surface area (Å²) in [6.07, 6.45) is 74.7. The average Bonchev–Trinajstić information content (AvgIpc) is 0.939. The minimum absolute atomic E-state index is 0.0598. The Morgan fingerprint density at radius 2 is 0.315 bits per heavy atom. The summed E-state index contributed by atoms with van der Waals surface area (Å²) in [5.41, 5.74) is 0. The van der Waals surface area contributed by atoms with Gasteiger partial charge in [0.2, 0.25) is 0 Å². The molecule has 0 radical (unpaired) electrons. The van der Waals surface area contributed by atoms with E-state index in [4.69, 9.17) is 18.9 Å². The molecule has 1 rings (SSSR count). The third kappa shape index (κ3) is 65.0. The molecule has 4 atom stereocenters. The first kappa shape index (κ1) is 104. The minimum Gasteiger partial charge on any atom is -0.465 e. The fourth-order valence-corrected chi connectivity index (χ4v) is 16.3. The van der Waals surface area contributed by atoms with Gasteiger partial charge in [0, 0.05) is 52.4 Å². The van der Waals surface area contributed by atoms with Crippen LogP contribution in [0.25, 0.3) is 0 Å². The van der Waals surface area contributed by atoms with Gasteiger partial charge in [-0.25, -0.2) is 0 Å². The first-order chi connectivity index (χ1) is 53.1. The van der Waals surface area contributed by atoms with Gasteiger partial charge >= 0.3 is 23.9 Å². The van der Waals surface area contributed by atoms with Gasteiger partial charge in [-0.2, -0.15) is 0 Å². The Hall–Kier alpha value is -2.28. The molecular weight excluding hydrogens is 1340 g/mol. The molecule has 1 saturated heterocycles. The van der Waals surface area contributed by atoms with Crippen molar-refractivity contribution in [3.8, 4) is 0 Å². The fourth-order valence-electron chi connectivity index (χ4n) is 16.3. The molecule has 640 valence electrons. The first-order valence-electron chi connectivity index (χ1n) is 48.7. The number of carbonyl (C=O) groups is 4. The van der Waals surface area contributed by atoms with Crippen molar-refractivity contribution in [1.82, 2.24) is 19.6 Å². The largest absolute Gasteiger partial charge is 0.465 e. The van der Waals surface area contributed by atoms with E-state index in [2.05, 4.69) is 75.0 Å². The normalized spacial score (nSPS) is 15.0. The zero-order chi connectivity index (χ0) is 78.3. The summed E-state index contributed by atoms with van der Waals surface area (Å²) in [6, 6.07) is 0. The molecular formula is C96H188N4O8. The van der Waals surface area contributed by atoms with Crippen LogP contribution in [-0.2, 0) is 38.1 Å². The van der Waals surface area contributed by atoms with E-state index in [1.165, 1.54) is 205 Å². The van der Waals surface area contributed by atoms with Gasteiger partial charge in [0.05, 0.1) is 50.1 Å². The number of esters is 4. The Bertz CT molecular complexity index is 1630. The average molecular weight is 1530 g/mol. The number of carbonyl (C=O) groups excluding carboxylic acids is 4. The Balaban J connectivity index is 3.26. The molecule has 1 aliphatic rings. The third-order valence-electron chi connectivity index (χ3n) is 24.0. The zero-order valence-corrected chi connectivity index (χ0v) is 73.9. The van der Waals surface area contributed by atoms with Crippen LogP contribution in [0.5, 0.6) is 0 Å². The molecule has 4 unspecified atom stereocenters. The lowest BCUT2D eigenvalue weighted by atomic mass is 9.94. The summed E-state index contributed by atoms with van der Waals surface area (Å²) in [6.45, 7) is 33.3. The van der Waals surface area contributed by atoms with Crippen molar-refractivity contribution in [3.05, 3.63) is 0 Å². The van der Waals surface area contributed by atoms with Crippen LogP contribution in [0.15, 0.2) is 0 Å². The highest BCUT2D eigenvalue weighted by Gasteiger charge is 2.24. The predicted molar refractivity (Wildman–Crippen MR) is 464 cm³/mol. The second-order valence-electron chi connectivity index (χ2n) is 34.1. The topological polar surface area (TPSA) is 118 Å². The highest BCUT2D eigenvalue weighted by Crippen LogP contribution is 2.26. The molecule has 1 aliphatic heterocycles. The SMILES string of the molecule is CCCCCCCCC(CCCCCC)C(=O)OCCCCCCN1CCN(CCCCCCOC(=O)C(CCCCCC)CCCCCCCC)CCN(CCCCCCOC(=O)C(CCCCCC)CCCCCCCC)CCN(CCCCCCOC(=O)C(CCCCCC)CCCCCCCC)CC1. The van der Waals surface area contributed by atoms with E-state index in [0.29, 0.717) is 26.4 Å². The van der Waals surface area contributed by atoms with E-state index in [1.807, 2.05) is 0 Å². The van der Waals surface area contributed by atoms with Gasteiger partial charge in [0.15, 0.2) is 0 Å². The van der Waals surface area contributed by atoms with Gasteiger partial charge in [-0.3, -0.25) is 19.2 Å². The number of hydrogen-bond acceptors (Lipinski definition) is 12. The maximum absolute atomic E-state index is 13.5. The lowest BCUT2D eigenvalue weighted by Crippen LogP contribution is -2.46. The lowest BCUT2D eigenvalue weighted by molar-refractivity contribution is -0.150. The van der Waals surface area contributed by atoms with Gasteiger partial charge in [-0.05, 0) is 129 Å². The lowest BCUT2D eigenvalue weighted by Gasteiger charge is -2.34. The van der Waals surface area contributed by atoms with Crippen LogP contribution in [0.3, 0.4) is 0 Å². The number of rotatable bonds is 80. The number of unbranched alkanes of at least 4 members (excludes halogenated alkanes) is 44. The van der Waals surface area contributed by atoms with Crippen molar-refractivity contribution >= 4 is 23.9 Å². The van der Waals surface area contributed by atoms with Crippen LogP contribution in [0.1, 0.15) is 466 Å². The maximum atomic E-state index is 13.5. The molecule has 0 N–H and O–H groups in total. The van der Waals surface area contributed by atoms with Crippen molar-refractivity contribution in [2.24, 2.45) is 23.7 Å². The van der Waals surface area contributed by atoms with Crippen LogP contribution in [0.4, 0.5) is 0 Å². The minimum atomic E-state index is 0.0598. The quantitative estimate of drug-likeness (QED) is 0.0328. The molecule has 0 bridgehead atoms. The molecule has 0 amide bonds. The van der Waals surface area contributed by atoms with Crippen molar-refractivity contribution < 1.29 is 38.1 Å². The number of hydrogen-bond donors (Lipinski definition) is 0. The van der Waals surface area contributed by atoms with Crippen molar-refractivity contribution in [3.63, 3.8) is 0 Å². The molecule has 0 aliphatic carbocycles. The Morgan fingerprint density at radius 1 is 0.185 bits per heavy atom. The standard InChI is InChI=1S/C96H188N4O8/c1-9-17-25-33-37-53-69-89(65-49-29-21-13-5)93(101)105-85-61-45-41-57-73-97-77-79-98(74-58-42-46-62-86-106-94(102)90(66-50-30-22-14-6)70-54-38-34-26-18-10-2)81-83-100(76-60-44-48-64-88-108-96(104)92(68-52-32-24-16-8)72-56-40-36-28-20-12-4)84-82-99(80-78-97)75-59-43-47-63-87-107-95(103)91(67-51-31-23-15-7)71-55-39-35-27-19-11-3/h89-92H,9-88H2,1-8H3. The van der Waals surface area contributed by atoms with Crippen molar-refractivity contribution in [2.75, 3.05) is 105 Å². The van der Waals surface area contributed by atoms with Crippen LogP contribution >= 0.6 is 0 Å². The molecule has 0 aromatic rings. The van der Waals surface area contributed by atoms with Crippen molar-refractivity contribution in [1.29, 1.82) is 0 Å². The first-order valence-corrected chi connectivity index (χ1v) is 48.7. The molecule has 12 nitrogen and oxygen atoms in total. The molecule has 0 saturated carbocycles. The summed E-state index contributed by atoms with van der Waals surface area (Å²) < 4.78 is 24.3. The van der Waals surface area contributed by atoms with Gasteiger partial charge in [-0.1, -0.05) is 364 Å². The van der Waals surface area contributed by atoms with Gasteiger partial charge in [0.1, 0.15) is 0 Å².